The number of carbonyl (C=O) groups excluding carboxylic acids is 2. The lowest BCUT2D eigenvalue weighted by molar-refractivity contribution is -0.104. The van der Waals surface area contributed by atoms with E-state index >= 15 is 0 Å². The zero-order valence-corrected chi connectivity index (χ0v) is 14.5. The van der Waals surface area contributed by atoms with Gasteiger partial charge in [-0.15, -0.1) is 0 Å². The van der Waals surface area contributed by atoms with Crippen LogP contribution >= 0.6 is 0 Å². The molecule has 2 rings (SSSR count). The molecule has 6 heteroatoms. The van der Waals surface area contributed by atoms with Gasteiger partial charge in [0, 0.05) is 0 Å². The predicted molar refractivity (Wildman–Crippen MR) is 83.2 cm³/mol. The Morgan fingerprint density at radius 2 is 1.83 bits per heavy atom. The number of ether oxygens (including phenoxy) is 4. The normalized spacial score (nSPS) is 35.9. The number of carbonyl (C=O) groups is 2. The minimum atomic E-state index is -0.676. The molecule has 0 unspecified atom stereocenters. The fourth-order valence-electron chi connectivity index (χ4n) is 2.56. The topological polar surface area (TPSA) is 77.7 Å². The fourth-order valence-corrected chi connectivity index (χ4v) is 2.56. The minimum Gasteiger partial charge on any atom is -0.431 e. The summed E-state index contributed by atoms with van der Waals surface area (Å²) in [5.41, 5.74) is -1.34. The molecule has 0 N–H and O–H groups in total. The van der Waals surface area contributed by atoms with Gasteiger partial charge >= 0.3 is 6.16 Å². The average molecular weight is 326 g/mol. The van der Waals surface area contributed by atoms with Crippen LogP contribution in [-0.4, -0.2) is 48.1 Å². The molecule has 4 atom stereocenters. The first-order valence-corrected chi connectivity index (χ1v) is 7.92. The predicted octanol–water partition coefficient (Wildman–Crippen LogP) is 2.79. The summed E-state index contributed by atoms with van der Waals surface area (Å²) in [7, 11) is 0. The van der Waals surface area contributed by atoms with Crippen LogP contribution in [0.5, 0.6) is 0 Å². The molecule has 0 aromatic heterocycles. The van der Waals surface area contributed by atoms with Crippen LogP contribution in [0.3, 0.4) is 0 Å². The highest BCUT2D eigenvalue weighted by atomic mass is 16.7. The van der Waals surface area contributed by atoms with Crippen LogP contribution in [0.4, 0.5) is 4.79 Å². The van der Waals surface area contributed by atoms with E-state index in [4.69, 9.17) is 18.9 Å². The van der Waals surface area contributed by atoms with Gasteiger partial charge in [0.05, 0.1) is 12.2 Å². The lowest BCUT2D eigenvalue weighted by Gasteiger charge is -2.19. The smallest absolute Gasteiger partial charge is 0.431 e. The molecule has 6 nitrogen and oxygen atoms in total. The maximum atomic E-state index is 11.5. The van der Waals surface area contributed by atoms with E-state index in [-0.39, 0.29) is 24.4 Å². The van der Waals surface area contributed by atoms with Gasteiger partial charge in [-0.05, 0) is 59.6 Å². The number of aldehydes is 1. The molecule has 2 saturated heterocycles. The van der Waals surface area contributed by atoms with Crippen molar-refractivity contribution in [2.24, 2.45) is 0 Å². The van der Waals surface area contributed by atoms with E-state index in [2.05, 4.69) is 0 Å². The summed E-state index contributed by atoms with van der Waals surface area (Å²) in [6, 6.07) is 0. The molecule has 2 aliphatic heterocycles. The monoisotopic (exact) mass is 326 g/mol. The van der Waals surface area contributed by atoms with Crippen LogP contribution < -0.4 is 0 Å². The summed E-state index contributed by atoms with van der Waals surface area (Å²) in [5, 5.41) is 0. The van der Waals surface area contributed by atoms with Gasteiger partial charge in [-0.25, -0.2) is 4.79 Å². The third-order valence-electron chi connectivity index (χ3n) is 4.08. The van der Waals surface area contributed by atoms with Gasteiger partial charge in [0.2, 0.25) is 0 Å². The average Bonchev–Trinajstić information content (AvgIpc) is 3.27. The Kier molecular flexibility index (Phi) is 4.87. The zero-order valence-electron chi connectivity index (χ0n) is 14.5. The quantitative estimate of drug-likeness (QED) is 0.310. The van der Waals surface area contributed by atoms with E-state index in [0.717, 1.165) is 19.1 Å². The largest absolute Gasteiger partial charge is 0.508 e. The SMILES string of the molecule is CC(C)(C)OC(=O)OC[C@]1(C)O[C@H]1CC[C@@H]1O[C@@]1(C)/C=C/C=O. The van der Waals surface area contributed by atoms with Crippen LogP contribution in [-0.2, 0) is 23.7 Å². The van der Waals surface area contributed by atoms with Gasteiger partial charge in [-0.1, -0.05) is 0 Å². The molecule has 0 aromatic rings. The molecule has 0 radical (unpaired) electrons. The second-order valence-corrected chi connectivity index (χ2v) is 7.54. The Morgan fingerprint density at radius 3 is 2.43 bits per heavy atom. The second kappa shape index (κ2) is 6.24. The van der Waals surface area contributed by atoms with E-state index in [1.165, 1.54) is 6.08 Å². The van der Waals surface area contributed by atoms with Crippen molar-refractivity contribution in [1.82, 2.24) is 0 Å². The van der Waals surface area contributed by atoms with Gasteiger partial charge in [0.15, 0.2) is 0 Å². The first kappa shape index (κ1) is 17.9. The van der Waals surface area contributed by atoms with Crippen molar-refractivity contribution in [3.8, 4) is 0 Å². The highest BCUT2D eigenvalue weighted by Crippen LogP contribution is 2.45. The molecule has 130 valence electrons. The third-order valence-corrected chi connectivity index (χ3v) is 4.08. The molecule has 0 amide bonds. The lowest BCUT2D eigenvalue weighted by Crippen LogP contribution is -2.28. The maximum Gasteiger partial charge on any atom is 0.508 e. The number of hydrogen-bond acceptors (Lipinski definition) is 6. The van der Waals surface area contributed by atoms with Gasteiger partial charge in [-0.2, -0.15) is 0 Å². The summed E-state index contributed by atoms with van der Waals surface area (Å²) < 4.78 is 21.5. The highest BCUT2D eigenvalue weighted by molar-refractivity contribution is 5.65. The minimum absolute atomic E-state index is 0.0495. The zero-order chi connectivity index (χ0) is 17.3. The molecule has 0 saturated carbocycles. The Morgan fingerprint density at radius 1 is 1.17 bits per heavy atom. The van der Waals surface area contributed by atoms with Crippen molar-refractivity contribution < 1.29 is 28.5 Å². The summed E-state index contributed by atoms with van der Waals surface area (Å²) in [5.74, 6) is 0. The van der Waals surface area contributed by atoms with Gasteiger partial charge in [0.25, 0.3) is 0 Å². The molecule has 2 fully saturated rings. The van der Waals surface area contributed by atoms with Crippen LogP contribution in [0.25, 0.3) is 0 Å². The molecule has 0 spiro atoms. The van der Waals surface area contributed by atoms with E-state index in [1.807, 2.05) is 13.8 Å². The summed E-state index contributed by atoms with van der Waals surface area (Å²) in [6.07, 6.45) is 5.14. The summed E-state index contributed by atoms with van der Waals surface area (Å²) in [4.78, 5) is 21.9. The summed E-state index contributed by atoms with van der Waals surface area (Å²) in [6.45, 7) is 9.42. The van der Waals surface area contributed by atoms with E-state index in [0.29, 0.717) is 0 Å². The summed E-state index contributed by atoms with van der Waals surface area (Å²) >= 11 is 0. The van der Waals surface area contributed by atoms with Crippen molar-refractivity contribution in [2.45, 2.75) is 76.5 Å². The van der Waals surface area contributed by atoms with Crippen molar-refractivity contribution in [3.05, 3.63) is 12.2 Å². The number of epoxide rings is 2. The van der Waals surface area contributed by atoms with Crippen LogP contribution in [0.1, 0.15) is 47.5 Å². The molecular weight excluding hydrogens is 300 g/mol. The fraction of sp³-hybridized carbons (Fsp3) is 0.765. The van der Waals surface area contributed by atoms with Crippen molar-refractivity contribution in [2.75, 3.05) is 6.61 Å². The van der Waals surface area contributed by atoms with E-state index in [9.17, 15) is 9.59 Å². The Hall–Kier alpha value is -1.40. The van der Waals surface area contributed by atoms with Crippen LogP contribution in [0, 0.1) is 0 Å². The van der Waals surface area contributed by atoms with E-state index in [1.54, 1.807) is 26.8 Å². The molecule has 23 heavy (non-hydrogen) atoms. The number of allylic oxidation sites excluding steroid dienone is 1. The van der Waals surface area contributed by atoms with E-state index < -0.39 is 17.4 Å². The first-order chi connectivity index (χ1) is 10.6. The molecule has 0 aliphatic carbocycles. The van der Waals surface area contributed by atoms with Crippen LogP contribution in [0.15, 0.2) is 12.2 Å². The molecule has 0 bridgehead atoms. The van der Waals surface area contributed by atoms with Crippen molar-refractivity contribution >= 4 is 12.4 Å². The Balaban J connectivity index is 1.66. The number of rotatable bonds is 7. The third kappa shape index (κ3) is 5.04. The first-order valence-electron chi connectivity index (χ1n) is 7.92. The van der Waals surface area contributed by atoms with Crippen molar-refractivity contribution in [3.63, 3.8) is 0 Å². The number of hydrogen-bond donors (Lipinski definition) is 0. The second-order valence-electron chi connectivity index (χ2n) is 7.54. The maximum absolute atomic E-state index is 11.5. The van der Waals surface area contributed by atoms with Crippen LogP contribution in [0.2, 0.25) is 0 Å². The lowest BCUT2D eigenvalue weighted by atomic mass is 9.99. The van der Waals surface area contributed by atoms with Crippen molar-refractivity contribution in [1.29, 1.82) is 0 Å². The molecule has 2 aliphatic rings. The Labute approximate surface area is 137 Å². The molecule has 0 aromatic carbocycles. The molecule has 2 heterocycles. The standard InChI is InChI=1S/C17H26O6/c1-15(2,3)23-14(19)20-11-17(5)13(22-17)8-7-12-16(4,21-12)9-6-10-18/h6,9-10,12-13H,7-8,11H2,1-5H3/b9-6+/t12-,13-,16-,17-/m0/s1. The van der Waals surface area contributed by atoms with Gasteiger partial charge < -0.3 is 18.9 Å². The Bertz CT molecular complexity index is 494. The molecular formula is C17H26O6. The van der Waals surface area contributed by atoms with Gasteiger partial charge in [0.1, 0.15) is 29.7 Å². The van der Waals surface area contributed by atoms with Gasteiger partial charge in [-0.3, -0.25) is 4.79 Å². The highest BCUT2D eigenvalue weighted by Gasteiger charge is 2.56.